The molecule has 3 aliphatic rings. The van der Waals surface area contributed by atoms with Crippen molar-refractivity contribution in [3.05, 3.63) is 64.6 Å². The normalized spacial score (nSPS) is 24.0. The van der Waals surface area contributed by atoms with Gasteiger partial charge in [-0.1, -0.05) is 29.8 Å². The largest absolute Gasteiger partial charge is 0.463 e. The Morgan fingerprint density at radius 1 is 1.06 bits per heavy atom. The third-order valence-corrected chi connectivity index (χ3v) is 10.2. The molecule has 1 aromatic heterocycles. The Morgan fingerprint density at radius 3 is 2.51 bits per heavy atom. The summed E-state index contributed by atoms with van der Waals surface area (Å²) in [5.74, 6) is -1.52. The number of likely N-dealkylation sites (tertiary alicyclic amines) is 1. The van der Waals surface area contributed by atoms with E-state index in [-0.39, 0.29) is 78.0 Å². The summed E-state index contributed by atoms with van der Waals surface area (Å²) in [5.41, 5.74) is 0.910. The molecule has 2 aromatic carbocycles. The van der Waals surface area contributed by atoms with Crippen LogP contribution in [0, 0.1) is 11.7 Å². The summed E-state index contributed by atoms with van der Waals surface area (Å²) >= 11 is 6.48. The van der Waals surface area contributed by atoms with E-state index in [9.17, 15) is 27.6 Å². The van der Waals surface area contributed by atoms with E-state index in [4.69, 9.17) is 20.8 Å². The SMILES string of the molecule is O=CC1CCC(OC[C@@H]2C[C@H](N3CCN(CC(F)(F)F)CC3)CN2C(=O)Cc2cc(Cl)c(NC(=O)c3coc4ccccc34)cc2F)CC1. The minimum Gasteiger partial charge on any atom is -0.463 e. The minimum absolute atomic E-state index is 0.0304. The summed E-state index contributed by atoms with van der Waals surface area (Å²) in [6.07, 6.45) is 1.31. The number of hydrogen-bond acceptors (Lipinski definition) is 7. The molecule has 3 fully saturated rings. The van der Waals surface area contributed by atoms with Crippen molar-refractivity contribution >= 4 is 46.4 Å². The van der Waals surface area contributed by atoms with Crippen molar-refractivity contribution in [3.8, 4) is 0 Å². The fraction of sp³-hybridized carbons (Fsp3) is 0.514. The van der Waals surface area contributed by atoms with Gasteiger partial charge in [0.2, 0.25) is 5.91 Å². The molecular weight excluding hydrogens is 668 g/mol. The lowest BCUT2D eigenvalue weighted by molar-refractivity contribution is -0.150. The molecule has 1 N–H and O–H groups in total. The van der Waals surface area contributed by atoms with Crippen molar-refractivity contribution in [2.75, 3.05) is 51.2 Å². The fourth-order valence-corrected chi connectivity index (χ4v) is 7.46. The number of fused-ring (bicyclic) bond motifs is 1. The van der Waals surface area contributed by atoms with Gasteiger partial charge in [-0.2, -0.15) is 13.2 Å². The highest BCUT2D eigenvalue weighted by Crippen LogP contribution is 2.31. The number of alkyl halides is 3. The second-order valence-electron chi connectivity index (χ2n) is 13.2. The lowest BCUT2D eigenvalue weighted by atomic mass is 9.88. The average molecular weight is 707 g/mol. The molecule has 0 spiro atoms. The van der Waals surface area contributed by atoms with E-state index in [1.165, 1.54) is 17.2 Å². The van der Waals surface area contributed by atoms with Gasteiger partial charge < -0.3 is 24.2 Å². The average Bonchev–Trinajstić information content (AvgIpc) is 3.71. The number of anilines is 1. The number of rotatable bonds is 10. The van der Waals surface area contributed by atoms with Crippen LogP contribution in [0.4, 0.5) is 23.2 Å². The van der Waals surface area contributed by atoms with Crippen molar-refractivity contribution in [2.24, 2.45) is 5.92 Å². The highest BCUT2D eigenvalue weighted by Gasteiger charge is 2.40. The number of piperazine rings is 1. The highest BCUT2D eigenvalue weighted by molar-refractivity contribution is 6.34. The van der Waals surface area contributed by atoms with E-state index in [2.05, 4.69) is 10.2 Å². The van der Waals surface area contributed by atoms with Gasteiger partial charge in [0.25, 0.3) is 5.91 Å². The van der Waals surface area contributed by atoms with Gasteiger partial charge in [-0.05, 0) is 55.9 Å². The second-order valence-corrected chi connectivity index (χ2v) is 13.6. The number of carbonyl (C=O) groups excluding carboxylic acids is 3. The molecule has 0 bridgehead atoms. The van der Waals surface area contributed by atoms with Gasteiger partial charge in [-0.15, -0.1) is 0 Å². The molecule has 2 saturated heterocycles. The molecule has 0 radical (unpaired) electrons. The molecule has 1 saturated carbocycles. The molecule has 3 heterocycles. The number of ether oxygens (including phenoxy) is 1. The molecule has 3 aromatic rings. The number of carbonyl (C=O) groups is 3. The van der Waals surface area contributed by atoms with Crippen LogP contribution in [0.25, 0.3) is 11.0 Å². The monoisotopic (exact) mass is 706 g/mol. The van der Waals surface area contributed by atoms with E-state index in [0.717, 1.165) is 38.0 Å². The number of halogens is 5. The molecule has 0 unspecified atom stereocenters. The summed E-state index contributed by atoms with van der Waals surface area (Å²) in [5, 5.41) is 3.28. The second kappa shape index (κ2) is 15.2. The molecule has 14 heteroatoms. The molecule has 2 aliphatic heterocycles. The number of furan rings is 1. The van der Waals surface area contributed by atoms with Crippen molar-refractivity contribution in [1.29, 1.82) is 0 Å². The van der Waals surface area contributed by atoms with Gasteiger partial charge >= 0.3 is 6.18 Å². The summed E-state index contributed by atoms with van der Waals surface area (Å²) in [6.45, 7) is 1.09. The summed E-state index contributed by atoms with van der Waals surface area (Å²) in [4.78, 5) is 43.1. The molecule has 264 valence electrons. The van der Waals surface area contributed by atoms with Crippen LogP contribution in [0.2, 0.25) is 5.02 Å². The number of benzene rings is 2. The number of nitrogens with zero attached hydrogens (tertiary/aromatic N) is 3. The van der Waals surface area contributed by atoms with Crippen LogP contribution in [-0.4, -0.2) is 103 Å². The molecule has 49 heavy (non-hydrogen) atoms. The molecule has 2 amide bonds. The maximum atomic E-state index is 15.5. The van der Waals surface area contributed by atoms with Crippen molar-refractivity contribution in [2.45, 2.75) is 62.9 Å². The van der Waals surface area contributed by atoms with Gasteiger partial charge in [0.1, 0.15) is 23.9 Å². The van der Waals surface area contributed by atoms with Crippen LogP contribution in [0.15, 0.2) is 47.1 Å². The van der Waals surface area contributed by atoms with Crippen LogP contribution in [0.1, 0.15) is 48.0 Å². The van der Waals surface area contributed by atoms with Gasteiger partial charge in [0, 0.05) is 50.1 Å². The Kier molecular flexibility index (Phi) is 10.9. The maximum Gasteiger partial charge on any atom is 0.401 e. The minimum atomic E-state index is -4.26. The number of nitrogens with one attached hydrogen (secondary N) is 1. The Morgan fingerprint density at radius 2 is 1.80 bits per heavy atom. The van der Waals surface area contributed by atoms with Crippen LogP contribution < -0.4 is 5.32 Å². The van der Waals surface area contributed by atoms with Gasteiger partial charge in [-0.25, -0.2) is 4.39 Å². The molecular formula is C35H39ClF4N4O5. The van der Waals surface area contributed by atoms with Gasteiger partial charge in [-0.3, -0.25) is 19.4 Å². The van der Waals surface area contributed by atoms with E-state index in [1.807, 2.05) is 0 Å². The Labute approximate surface area is 286 Å². The van der Waals surface area contributed by atoms with Crippen LogP contribution >= 0.6 is 11.6 Å². The number of amides is 2. The number of para-hydroxylation sites is 1. The van der Waals surface area contributed by atoms with Crippen LogP contribution in [-0.2, 0) is 20.7 Å². The highest BCUT2D eigenvalue weighted by atomic mass is 35.5. The topological polar surface area (TPSA) is 95.3 Å². The van der Waals surface area contributed by atoms with Crippen LogP contribution in [0.3, 0.4) is 0 Å². The first-order valence-electron chi connectivity index (χ1n) is 16.6. The smallest absolute Gasteiger partial charge is 0.401 e. The summed E-state index contributed by atoms with van der Waals surface area (Å²) in [6, 6.07) is 9.04. The zero-order valence-corrected chi connectivity index (χ0v) is 27.6. The predicted octanol–water partition coefficient (Wildman–Crippen LogP) is 5.94. The van der Waals surface area contributed by atoms with Gasteiger partial charge in [0.15, 0.2) is 0 Å². The first kappa shape index (κ1) is 35.3. The third-order valence-electron chi connectivity index (χ3n) is 9.93. The van der Waals surface area contributed by atoms with Crippen molar-refractivity contribution < 1.29 is 41.1 Å². The molecule has 9 nitrogen and oxygen atoms in total. The standard InChI is InChI=1S/C35H39ClF4N4O5/c36-29-13-23(30(37)16-31(29)41-34(47)28-20-49-32-4-2-1-3-27(28)32)14-33(46)44-17-24(43-11-9-42(10-12-43)21-35(38,39)40)15-25(44)19-48-26-7-5-22(18-45)6-8-26/h1-4,13,16,18,20,22,24-26H,5-12,14-15,17,19,21H2,(H,41,47)/t22?,24-,25-,26?/m0/s1. The fourth-order valence-electron chi connectivity index (χ4n) is 7.23. The lowest BCUT2D eigenvalue weighted by Gasteiger charge is -2.38. The number of aldehydes is 1. The summed E-state index contributed by atoms with van der Waals surface area (Å²) in [7, 11) is 0. The van der Waals surface area contributed by atoms with Gasteiger partial charge in [0.05, 0.1) is 48.0 Å². The zero-order chi connectivity index (χ0) is 34.7. The zero-order valence-electron chi connectivity index (χ0n) is 26.9. The molecule has 2 atom stereocenters. The molecule has 6 rings (SSSR count). The Bertz CT molecular complexity index is 1650. The first-order valence-corrected chi connectivity index (χ1v) is 17.0. The third kappa shape index (κ3) is 8.62. The summed E-state index contributed by atoms with van der Waals surface area (Å²) < 4.78 is 66.0. The van der Waals surface area contributed by atoms with Crippen molar-refractivity contribution in [1.82, 2.24) is 14.7 Å². The predicted molar refractivity (Wildman–Crippen MR) is 175 cm³/mol. The van der Waals surface area contributed by atoms with E-state index < -0.39 is 24.4 Å². The van der Waals surface area contributed by atoms with E-state index in [1.54, 1.807) is 29.2 Å². The van der Waals surface area contributed by atoms with E-state index >= 15 is 4.39 Å². The van der Waals surface area contributed by atoms with Crippen LogP contribution in [0.5, 0.6) is 0 Å². The first-order chi connectivity index (χ1) is 23.5. The quantitative estimate of drug-likeness (QED) is 0.206. The Balaban J connectivity index is 1.12. The molecule has 1 aliphatic carbocycles. The maximum absolute atomic E-state index is 15.5. The van der Waals surface area contributed by atoms with Crippen molar-refractivity contribution in [3.63, 3.8) is 0 Å². The lowest BCUT2D eigenvalue weighted by Crippen LogP contribution is -2.52. The Hall–Kier alpha value is -3.52. The number of hydrogen-bond donors (Lipinski definition) is 1. The van der Waals surface area contributed by atoms with E-state index in [0.29, 0.717) is 37.0 Å².